The number of aryl methyl sites for hydroxylation is 1. The van der Waals surface area contributed by atoms with E-state index in [1.807, 2.05) is 17.7 Å². The SMILES string of the molecule is Cn1c(CC(C)(C)O)cc2ccc(F)cc21. The average molecular weight is 221 g/mol. The van der Waals surface area contributed by atoms with Crippen LogP contribution in [0.2, 0.25) is 0 Å². The Bertz CT molecular complexity index is 522. The second-order valence-electron chi connectivity index (χ2n) is 4.89. The summed E-state index contributed by atoms with van der Waals surface area (Å²) in [7, 11) is 1.89. The molecule has 86 valence electrons. The van der Waals surface area contributed by atoms with Crippen molar-refractivity contribution in [1.29, 1.82) is 0 Å². The second kappa shape index (κ2) is 3.59. The lowest BCUT2D eigenvalue weighted by Crippen LogP contribution is -2.23. The van der Waals surface area contributed by atoms with Crippen LogP contribution < -0.4 is 0 Å². The maximum absolute atomic E-state index is 13.1. The normalized spacial score (nSPS) is 12.3. The van der Waals surface area contributed by atoms with E-state index in [1.54, 1.807) is 19.9 Å². The van der Waals surface area contributed by atoms with E-state index in [4.69, 9.17) is 0 Å². The highest BCUT2D eigenvalue weighted by Crippen LogP contribution is 2.22. The molecule has 0 aliphatic heterocycles. The van der Waals surface area contributed by atoms with Crippen molar-refractivity contribution in [2.45, 2.75) is 25.9 Å². The molecule has 0 spiro atoms. The molecule has 0 saturated carbocycles. The van der Waals surface area contributed by atoms with Gasteiger partial charge in [-0.05, 0) is 38.1 Å². The van der Waals surface area contributed by atoms with Gasteiger partial charge in [0.2, 0.25) is 0 Å². The van der Waals surface area contributed by atoms with E-state index in [1.165, 1.54) is 12.1 Å². The van der Waals surface area contributed by atoms with E-state index in [9.17, 15) is 9.50 Å². The van der Waals surface area contributed by atoms with Crippen LogP contribution in [0.5, 0.6) is 0 Å². The predicted molar refractivity (Wildman–Crippen MR) is 62.9 cm³/mol. The van der Waals surface area contributed by atoms with Crippen LogP contribution in [0, 0.1) is 5.82 Å². The van der Waals surface area contributed by atoms with Crippen molar-refractivity contribution in [2.24, 2.45) is 7.05 Å². The molecule has 16 heavy (non-hydrogen) atoms. The van der Waals surface area contributed by atoms with Gasteiger partial charge in [0.15, 0.2) is 0 Å². The number of aromatic nitrogens is 1. The number of benzene rings is 1. The fourth-order valence-corrected chi connectivity index (χ4v) is 1.97. The first kappa shape index (κ1) is 11.1. The first-order valence-electron chi connectivity index (χ1n) is 5.33. The summed E-state index contributed by atoms with van der Waals surface area (Å²) in [4.78, 5) is 0. The highest BCUT2D eigenvalue weighted by molar-refractivity contribution is 5.81. The van der Waals surface area contributed by atoms with E-state index in [0.29, 0.717) is 6.42 Å². The Morgan fingerprint density at radius 2 is 2.00 bits per heavy atom. The third kappa shape index (κ3) is 2.09. The minimum atomic E-state index is -0.749. The van der Waals surface area contributed by atoms with Crippen LogP contribution in [-0.4, -0.2) is 15.3 Å². The second-order valence-corrected chi connectivity index (χ2v) is 4.89. The van der Waals surface area contributed by atoms with Gasteiger partial charge < -0.3 is 9.67 Å². The molecule has 2 nitrogen and oxygen atoms in total. The van der Waals surface area contributed by atoms with Crippen LogP contribution in [0.25, 0.3) is 10.9 Å². The largest absolute Gasteiger partial charge is 0.390 e. The number of hydrogen-bond acceptors (Lipinski definition) is 1. The lowest BCUT2D eigenvalue weighted by molar-refractivity contribution is 0.0793. The first-order valence-corrected chi connectivity index (χ1v) is 5.33. The number of halogens is 1. The lowest BCUT2D eigenvalue weighted by Gasteiger charge is -2.17. The van der Waals surface area contributed by atoms with E-state index in [0.717, 1.165) is 16.6 Å². The minimum Gasteiger partial charge on any atom is -0.390 e. The van der Waals surface area contributed by atoms with Crippen LogP contribution in [0.1, 0.15) is 19.5 Å². The monoisotopic (exact) mass is 221 g/mol. The van der Waals surface area contributed by atoms with Crippen LogP contribution in [-0.2, 0) is 13.5 Å². The lowest BCUT2D eigenvalue weighted by atomic mass is 10.0. The summed E-state index contributed by atoms with van der Waals surface area (Å²) in [5.41, 5.74) is 1.12. The predicted octanol–water partition coefficient (Wildman–Crippen LogP) is 2.63. The minimum absolute atomic E-state index is 0.233. The first-order chi connectivity index (χ1) is 7.37. The quantitative estimate of drug-likeness (QED) is 0.828. The summed E-state index contributed by atoms with van der Waals surface area (Å²) >= 11 is 0. The van der Waals surface area contributed by atoms with Crippen LogP contribution in [0.15, 0.2) is 24.3 Å². The molecule has 0 fully saturated rings. The molecule has 1 aromatic heterocycles. The van der Waals surface area contributed by atoms with Crippen molar-refractivity contribution in [3.63, 3.8) is 0 Å². The summed E-state index contributed by atoms with van der Waals surface area (Å²) in [5, 5.41) is 10.8. The Morgan fingerprint density at radius 3 is 2.62 bits per heavy atom. The van der Waals surface area contributed by atoms with Gasteiger partial charge in [0.1, 0.15) is 5.82 Å². The molecule has 1 aromatic carbocycles. The van der Waals surface area contributed by atoms with Crippen molar-refractivity contribution in [3.8, 4) is 0 Å². The topological polar surface area (TPSA) is 25.2 Å². The average Bonchev–Trinajstić information content (AvgIpc) is 2.42. The number of fused-ring (bicyclic) bond motifs is 1. The van der Waals surface area contributed by atoms with Crippen LogP contribution in [0.3, 0.4) is 0 Å². The molecule has 2 aromatic rings. The Balaban J connectivity index is 2.52. The van der Waals surface area contributed by atoms with Crippen molar-refractivity contribution < 1.29 is 9.50 Å². The maximum atomic E-state index is 13.1. The van der Waals surface area contributed by atoms with Gasteiger partial charge in [-0.25, -0.2) is 4.39 Å². The summed E-state index contributed by atoms with van der Waals surface area (Å²) in [6, 6.07) is 6.73. The molecule has 0 atom stereocenters. The molecule has 1 heterocycles. The van der Waals surface area contributed by atoms with Crippen LogP contribution >= 0.6 is 0 Å². The Morgan fingerprint density at radius 1 is 1.31 bits per heavy atom. The van der Waals surface area contributed by atoms with Gasteiger partial charge in [0, 0.05) is 24.5 Å². The van der Waals surface area contributed by atoms with Crippen molar-refractivity contribution in [1.82, 2.24) is 4.57 Å². The Labute approximate surface area is 94.3 Å². The number of aliphatic hydroxyl groups is 1. The standard InChI is InChI=1S/C13H16FNO/c1-13(2,16)8-11-6-9-4-5-10(14)7-12(9)15(11)3/h4-7,16H,8H2,1-3H3. The molecule has 0 bridgehead atoms. The fourth-order valence-electron chi connectivity index (χ4n) is 1.97. The van der Waals surface area contributed by atoms with Gasteiger partial charge in [-0.15, -0.1) is 0 Å². The molecule has 0 amide bonds. The van der Waals surface area contributed by atoms with E-state index >= 15 is 0 Å². The highest BCUT2D eigenvalue weighted by atomic mass is 19.1. The van der Waals surface area contributed by atoms with Crippen molar-refractivity contribution >= 4 is 10.9 Å². The molecular weight excluding hydrogens is 205 g/mol. The smallest absolute Gasteiger partial charge is 0.125 e. The molecule has 0 saturated heterocycles. The zero-order chi connectivity index (χ0) is 11.9. The molecule has 0 aliphatic carbocycles. The van der Waals surface area contributed by atoms with Gasteiger partial charge in [-0.3, -0.25) is 0 Å². The molecule has 0 unspecified atom stereocenters. The third-order valence-electron chi connectivity index (χ3n) is 2.72. The molecule has 0 radical (unpaired) electrons. The fraction of sp³-hybridized carbons (Fsp3) is 0.385. The summed E-state index contributed by atoms with van der Waals surface area (Å²) < 4.78 is 15.0. The van der Waals surface area contributed by atoms with Gasteiger partial charge in [0.05, 0.1) is 11.1 Å². The Hall–Kier alpha value is -1.35. The van der Waals surface area contributed by atoms with Gasteiger partial charge in [0.25, 0.3) is 0 Å². The number of nitrogens with zero attached hydrogens (tertiary/aromatic N) is 1. The number of hydrogen-bond donors (Lipinski definition) is 1. The molecule has 1 N–H and O–H groups in total. The molecular formula is C13H16FNO. The Kier molecular flexibility index (Phi) is 2.50. The third-order valence-corrected chi connectivity index (χ3v) is 2.72. The molecule has 2 rings (SSSR count). The van der Waals surface area contributed by atoms with Crippen molar-refractivity contribution in [2.75, 3.05) is 0 Å². The summed E-state index contributed by atoms with van der Waals surface area (Å²) in [6.07, 6.45) is 0.555. The zero-order valence-electron chi connectivity index (χ0n) is 9.79. The van der Waals surface area contributed by atoms with Gasteiger partial charge in [-0.1, -0.05) is 0 Å². The maximum Gasteiger partial charge on any atom is 0.125 e. The zero-order valence-corrected chi connectivity index (χ0v) is 9.79. The summed E-state index contributed by atoms with van der Waals surface area (Å²) in [6.45, 7) is 3.54. The highest BCUT2D eigenvalue weighted by Gasteiger charge is 2.16. The van der Waals surface area contributed by atoms with E-state index < -0.39 is 5.60 Å². The van der Waals surface area contributed by atoms with Gasteiger partial charge >= 0.3 is 0 Å². The molecule has 3 heteroatoms. The van der Waals surface area contributed by atoms with Crippen molar-refractivity contribution in [3.05, 3.63) is 35.8 Å². The summed E-state index contributed by atoms with van der Waals surface area (Å²) in [5.74, 6) is -0.233. The molecule has 0 aliphatic rings. The van der Waals surface area contributed by atoms with E-state index in [2.05, 4.69) is 0 Å². The number of rotatable bonds is 2. The van der Waals surface area contributed by atoms with Gasteiger partial charge in [-0.2, -0.15) is 0 Å². The van der Waals surface area contributed by atoms with Crippen LogP contribution in [0.4, 0.5) is 4.39 Å². The van der Waals surface area contributed by atoms with E-state index in [-0.39, 0.29) is 5.82 Å².